The fraction of sp³-hybridized carbons (Fsp3) is 0.231. The van der Waals surface area contributed by atoms with Gasteiger partial charge in [0.25, 0.3) is 5.91 Å². The van der Waals surface area contributed by atoms with Gasteiger partial charge in [-0.25, -0.2) is 9.78 Å². The Kier molecular flexibility index (Phi) is 6.34. The number of carbonyl (C=O) groups is 3. The lowest BCUT2D eigenvalue weighted by molar-refractivity contribution is -0.130. The number of benzene rings is 2. The number of thiazole rings is 1. The predicted octanol–water partition coefficient (Wildman–Crippen LogP) is 4.63. The van der Waals surface area contributed by atoms with Gasteiger partial charge in [-0.15, -0.1) is 11.3 Å². The van der Waals surface area contributed by atoms with E-state index in [0.717, 1.165) is 21.7 Å². The van der Waals surface area contributed by atoms with Crippen LogP contribution in [0.3, 0.4) is 0 Å². The number of nitrogens with zero attached hydrogens (tertiary/aromatic N) is 2. The first-order chi connectivity index (χ1) is 16.2. The highest BCUT2D eigenvalue weighted by Gasteiger charge is 2.44. The van der Waals surface area contributed by atoms with Crippen molar-refractivity contribution in [1.29, 1.82) is 0 Å². The van der Waals surface area contributed by atoms with Crippen molar-refractivity contribution in [2.24, 2.45) is 0 Å². The number of hydrogen-bond acceptors (Lipinski definition) is 7. The quantitative estimate of drug-likeness (QED) is 0.411. The summed E-state index contributed by atoms with van der Waals surface area (Å²) in [7, 11) is 1.31. The Labute approximate surface area is 201 Å². The molecule has 1 aliphatic heterocycles. The van der Waals surface area contributed by atoms with Crippen LogP contribution in [0, 0.1) is 20.8 Å². The van der Waals surface area contributed by atoms with E-state index in [1.807, 2.05) is 38.1 Å². The minimum absolute atomic E-state index is 0.0530. The van der Waals surface area contributed by atoms with Crippen molar-refractivity contribution in [3.63, 3.8) is 0 Å². The number of ether oxygens (including phenoxy) is 1. The molecule has 34 heavy (non-hydrogen) atoms. The molecule has 1 amide bonds. The molecule has 2 heterocycles. The van der Waals surface area contributed by atoms with Gasteiger partial charge in [0, 0.05) is 6.54 Å². The fourth-order valence-corrected chi connectivity index (χ4v) is 5.06. The van der Waals surface area contributed by atoms with Gasteiger partial charge in [-0.05, 0) is 49.6 Å². The van der Waals surface area contributed by atoms with Crippen LogP contribution < -0.4 is 0 Å². The topological polar surface area (TPSA) is 96.8 Å². The van der Waals surface area contributed by atoms with Gasteiger partial charge < -0.3 is 14.7 Å². The summed E-state index contributed by atoms with van der Waals surface area (Å²) in [6.45, 7) is 5.60. The van der Waals surface area contributed by atoms with Crippen LogP contribution in [-0.4, -0.2) is 39.8 Å². The van der Waals surface area contributed by atoms with Gasteiger partial charge in [0.1, 0.15) is 0 Å². The average Bonchev–Trinajstić information content (AvgIpc) is 3.29. The number of aromatic nitrogens is 1. The first-order valence-electron chi connectivity index (χ1n) is 10.7. The molecule has 1 unspecified atom stereocenters. The van der Waals surface area contributed by atoms with Gasteiger partial charge in [-0.3, -0.25) is 9.59 Å². The van der Waals surface area contributed by atoms with E-state index in [-0.39, 0.29) is 12.1 Å². The van der Waals surface area contributed by atoms with Crippen molar-refractivity contribution in [3.8, 4) is 0 Å². The number of aliphatic hydroxyl groups is 1. The molecular formula is C26H24N2O5S. The number of aliphatic hydroxyl groups excluding tert-OH is 1. The Morgan fingerprint density at radius 1 is 1.09 bits per heavy atom. The van der Waals surface area contributed by atoms with Crippen molar-refractivity contribution in [2.75, 3.05) is 7.11 Å². The Bertz CT molecular complexity index is 1320. The van der Waals surface area contributed by atoms with Gasteiger partial charge in [0.2, 0.25) is 5.78 Å². The van der Waals surface area contributed by atoms with Crippen LogP contribution in [0.2, 0.25) is 0 Å². The average molecular weight is 477 g/mol. The van der Waals surface area contributed by atoms with Gasteiger partial charge in [0.15, 0.2) is 5.76 Å². The number of esters is 1. The van der Waals surface area contributed by atoms with Crippen molar-refractivity contribution < 1.29 is 24.2 Å². The highest BCUT2D eigenvalue weighted by Crippen LogP contribution is 2.42. The molecule has 3 aromatic rings. The summed E-state index contributed by atoms with van der Waals surface area (Å²) in [5.74, 6) is -2.02. The van der Waals surface area contributed by atoms with Crippen molar-refractivity contribution >= 4 is 29.0 Å². The molecule has 0 spiro atoms. The highest BCUT2D eigenvalue weighted by molar-refractivity contribution is 7.14. The van der Waals surface area contributed by atoms with Crippen LogP contribution in [0.4, 0.5) is 0 Å². The van der Waals surface area contributed by atoms with E-state index in [2.05, 4.69) is 4.98 Å². The van der Waals surface area contributed by atoms with Crippen LogP contribution in [0.25, 0.3) is 0 Å². The van der Waals surface area contributed by atoms with Crippen LogP contribution in [-0.2, 0) is 16.1 Å². The lowest BCUT2D eigenvalue weighted by atomic mass is 9.92. The summed E-state index contributed by atoms with van der Waals surface area (Å²) < 4.78 is 4.74. The second-order valence-corrected chi connectivity index (χ2v) is 9.32. The number of carbonyl (C=O) groups excluding carboxylic acids is 3. The highest BCUT2D eigenvalue weighted by atomic mass is 32.1. The molecule has 1 N–H and O–H groups in total. The lowest BCUT2D eigenvalue weighted by Gasteiger charge is -2.28. The Morgan fingerprint density at radius 2 is 1.76 bits per heavy atom. The molecule has 1 aromatic heterocycles. The van der Waals surface area contributed by atoms with Crippen LogP contribution in [0.5, 0.6) is 0 Å². The third-order valence-corrected chi connectivity index (χ3v) is 6.94. The van der Waals surface area contributed by atoms with Crippen LogP contribution in [0.15, 0.2) is 59.9 Å². The zero-order valence-corrected chi connectivity index (χ0v) is 20.1. The Hall–Kier alpha value is -3.78. The maximum absolute atomic E-state index is 13.6. The minimum atomic E-state index is -0.761. The molecule has 1 atom stereocenters. The van der Waals surface area contributed by atoms with Crippen LogP contribution in [0.1, 0.15) is 53.5 Å². The van der Waals surface area contributed by atoms with E-state index < -0.39 is 29.5 Å². The molecule has 8 heteroatoms. The molecule has 4 rings (SSSR count). The van der Waals surface area contributed by atoms with Crippen molar-refractivity contribution in [1.82, 2.24) is 9.88 Å². The summed E-state index contributed by atoms with van der Waals surface area (Å²) in [4.78, 5) is 44.8. The van der Waals surface area contributed by atoms with E-state index in [1.54, 1.807) is 31.2 Å². The van der Waals surface area contributed by atoms with Crippen molar-refractivity contribution in [3.05, 3.63) is 97.7 Å². The second kappa shape index (κ2) is 9.23. The van der Waals surface area contributed by atoms with E-state index in [1.165, 1.54) is 23.3 Å². The van der Waals surface area contributed by atoms with E-state index >= 15 is 0 Å². The van der Waals surface area contributed by atoms with Gasteiger partial charge in [-0.2, -0.15) is 0 Å². The molecule has 2 aromatic carbocycles. The number of aryl methyl sites for hydroxylation is 3. The van der Waals surface area contributed by atoms with Gasteiger partial charge in [-0.1, -0.05) is 36.4 Å². The zero-order chi connectivity index (χ0) is 24.6. The standard InChI is InChI=1S/C26H24N2O5S/c1-14-7-5-6-8-19(14)21-20(22(29)24-15(2)27-16(3)34-24)23(30)25(31)28(21)13-17-9-11-18(12-10-17)26(32)33-4/h5-12,21,30H,13H2,1-4H3. The number of ketones is 1. The summed E-state index contributed by atoms with van der Waals surface area (Å²) in [5, 5.41) is 11.6. The molecule has 0 bridgehead atoms. The maximum atomic E-state index is 13.6. The third-order valence-electron chi connectivity index (χ3n) is 5.87. The maximum Gasteiger partial charge on any atom is 0.337 e. The van der Waals surface area contributed by atoms with E-state index in [9.17, 15) is 19.5 Å². The number of amides is 1. The predicted molar refractivity (Wildman–Crippen MR) is 128 cm³/mol. The lowest BCUT2D eigenvalue weighted by Crippen LogP contribution is -2.31. The molecule has 7 nitrogen and oxygen atoms in total. The molecular weight excluding hydrogens is 452 g/mol. The third kappa shape index (κ3) is 4.12. The zero-order valence-electron chi connectivity index (χ0n) is 19.3. The fourth-order valence-electron chi connectivity index (χ4n) is 4.19. The first kappa shape index (κ1) is 23.4. The largest absolute Gasteiger partial charge is 0.503 e. The van der Waals surface area contributed by atoms with E-state index in [4.69, 9.17) is 4.74 Å². The van der Waals surface area contributed by atoms with Gasteiger partial charge >= 0.3 is 5.97 Å². The molecule has 174 valence electrons. The second-order valence-electron chi connectivity index (χ2n) is 8.12. The molecule has 0 saturated heterocycles. The summed E-state index contributed by atoms with van der Waals surface area (Å²) in [6, 6.07) is 13.4. The molecule has 0 fully saturated rings. The summed E-state index contributed by atoms with van der Waals surface area (Å²) >= 11 is 1.25. The Balaban J connectivity index is 1.77. The Morgan fingerprint density at radius 3 is 2.35 bits per heavy atom. The molecule has 0 radical (unpaired) electrons. The number of Topliss-reactive ketones (excluding diaryl/α,β-unsaturated/α-hetero) is 1. The van der Waals surface area contributed by atoms with Gasteiger partial charge in [0.05, 0.1) is 39.9 Å². The SMILES string of the molecule is COC(=O)c1ccc(CN2C(=O)C(O)=C(C(=O)c3sc(C)nc3C)C2c2ccccc2C)cc1. The molecule has 0 saturated carbocycles. The summed E-state index contributed by atoms with van der Waals surface area (Å²) in [5.41, 5.74) is 3.41. The normalized spacial score (nSPS) is 15.7. The van der Waals surface area contributed by atoms with E-state index in [0.29, 0.717) is 16.1 Å². The first-order valence-corrected chi connectivity index (χ1v) is 11.5. The smallest absolute Gasteiger partial charge is 0.337 e. The van der Waals surface area contributed by atoms with Crippen molar-refractivity contribution in [2.45, 2.75) is 33.4 Å². The number of methoxy groups -OCH3 is 1. The monoisotopic (exact) mass is 476 g/mol. The molecule has 1 aliphatic rings. The number of rotatable bonds is 6. The van der Waals surface area contributed by atoms with Crippen LogP contribution >= 0.6 is 11.3 Å². The summed E-state index contributed by atoms with van der Waals surface area (Å²) in [6.07, 6.45) is 0. The molecule has 0 aliphatic carbocycles. The number of hydrogen-bond donors (Lipinski definition) is 1. The minimum Gasteiger partial charge on any atom is -0.503 e.